The molecule has 0 aliphatic carbocycles. The molecule has 3 nitrogen and oxygen atoms in total. The first-order chi connectivity index (χ1) is 6.27. The summed E-state index contributed by atoms with van der Waals surface area (Å²) in [5.41, 5.74) is 2.15. The third-order valence-electron chi connectivity index (χ3n) is 1.81. The lowest BCUT2D eigenvalue weighted by Gasteiger charge is -2.08. The van der Waals surface area contributed by atoms with Crippen molar-refractivity contribution in [3.8, 4) is 5.75 Å². The van der Waals surface area contributed by atoms with Crippen LogP contribution in [0.5, 0.6) is 5.75 Å². The lowest BCUT2D eigenvalue weighted by molar-refractivity contribution is -0.109. The van der Waals surface area contributed by atoms with E-state index in [1.54, 1.807) is 7.11 Å². The fraction of sp³-hybridized carbons (Fsp3) is 0.300. The fourth-order valence-corrected chi connectivity index (χ4v) is 1.20. The van der Waals surface area contributed by atoms with E-state index in [9.17, 15) is 4.79 Å². The molecule has 1 N–H and O–H groups in total. The number of carbonyl (C=O) groups is 1. The molecule has 0 saturated carbocycles. The number of amides is 1. The first kappa shape index (κ1) is 9.58. The van der Waals surface area contributed by atoms with E-state index in [0.717, 1.165) is 16.9 Å². The average molecular weight is 179 g/mol. The minimum absolute atomic E-state index is 0.508. The van der Waals surface area contributed by atoms with E-state index < -0.39 is 0 Å². The van der Waals surface area contributed by atoms with Gasteiger partial charge in [0.05, 0.1) is 7.11 Å². The summed E-state index contributed by atoms with van der Waals surface area (Å²) in [7, 11) is 1.62. The van der Waals surface area contributed by atoms with Crippen molar-refractivity contribution in [1.29, 1.82) is 0 Å². The predicted octanol–water partition coefficient (Wildman–Crippen LogP) is 1.25. The van der Waals surface area contributed by atoms with E-state index in [2.05, 4.69) is 5.32 Å². The van der Waals surface area contributed by atoms with Crippen LogP contribution < -0.4 is 10.1 Å². The van der Waals surface area contributed by atoms with Gasteiger partial charge in [-0.25, -0.2) is 0 Å². The molecule has 3 heteroatoms. The predicted molar refractivity (Wildman–Crippen MR) is 50.6 cm³/mol. The number of hydrogen-bond acceptors (Lipinski definition) is 2. The molecule has 0 bridgehead atoms. The van der Waals surface area contributed by atoms with Crippen LogP contribution in [0.25, 0.3) is 0 Å². The zero-order chi connectivity index (χ0) is 9.68. The number of rotatable bonds is 4. The Morgan fingerprint density at radius 3 is 2.92 bits per heavy atom. The Balaban J connectivity index is 2.87. The van der Waals surface area contributed by atoms with Gasteiger partial charge in [-0.05, 0) is 13.0 Å². The molecule has 1 aromatic carbocycles. The summed E-state index contributed by atoms with van der Waals surface area (Å²) < 4.78 is 5.14. The van der Waals surface area contributed by atoms with Gasteiger partial charge in [0.2, 0.25) is 6.41 Å². The largest absolute Gasteiger partial charge is 0.496 e. The summed E-state index contributed by atoms with van der Waals surface area (Å²) in [6, 6.07) is 5.87. The summed E-state index contributed by atoms with van der Waals surface area (Å²) >= 11 is 0. The summed E-state index contributed by atoms with van der Waals surface area (Å²) in [6.07, 6.45) is 0.682. The molecule has 0 radical (unpaired) electrons. The molecule has 0 spiro atoms. The van der Waals surface area contributed by atoms with Crippen molar-refractivity contribution in [1.82, 2.24) is 5.32 Å². The maximum Gasteiger partial charge on any atom is 0.207 e. The molecule has 0 aliphatic heterocycles. The van der Waals surface area contributed by atoms with Crippen molar-refractivity contribution in [2.75, 3.05) is 7.11 Å². The number of carbonyl (C=O) groups excluding carboxylic acids is 1. The van der Waals surface area contributed by atoms with E-state index in [1.165, 1.54) is 0 Å². The Kier molecular flexibility index (Phi) is 3.31. The maximum absolute atomic E-state index is 10.1. The van der Waals surface area contributed by atoms with Crippen LogP contribution in [0.3, 0.4) is 0 Å². The van der Waals surface area contributed by atoms with Crippen LogP contribution in [-0.4, -0.2) is 13.5 Å². The van der Waals surface area contributed by atoms with Crippen LogP contribution in [0, 0.1) is 6.92 Å². The van der Waals surface area contributed by atoms with Gasteiger partial charge in [0.25, 0.3) is 0 Å². The molecular weight excluding hydrogens is 166 g/mol. The maximum atomic E-state index is 10.1. The van der Waals surface area contributed by atoms with Gasteiger partial charge in [-0.15, -0.1) is 0 Å². The highest BCUT2D eigenvalue weighted by Crippen LogP contribution is 2.18. The van der Waals surface area contributed by atoms with Crippen LogP contribution in [0.15, 0.2) is 18.2 Å². The van der Waals surface area contributed by atoms with Crippen LogP contribution in [0.2, 0.25) is 0 Å². The Bertz CT molecular complexity index is 297. The molecule has 1 rings (SSSR count). The smallest absolute Gasteiger partial charge is 0.207 e. The molecule has 1 amide bonds. The van der Waals surface area contributed by atoms with E-state index in [0.29, 0.717) is 13.0 Å². The zero-order valence-corrected chi connectivity index (χ0v) is 7.83. The molecular formula is C10H13NO2. The van der Waals surface area contributed by atoms with Crippen molar-refractivity contribution in [2.24, 2.45) is 0 Å². The standard InChI is InChI=1S/C10H13NO2/c1-8-3-4-10(13-2)9(5-8)6-11-7-12/h3-5,7H,6H2,1-2H3,(H,11,12). The molecule has 0 heterocycles. The first-order valence-electron chi connectivity index (χ1n) is 4.08. The summed E-state index contributed by atoms with van der Waals surface area (Å²) in [4.78, 5) is 10.1. The minimum atomic E-state index is 0.508. The number of nitrogens with one attached hydrogen (secondary N) is 1. The topological polar surface area (TPSA) is 38.3 Å². The molecule has 0 unspecified atom stereocenters. The summed E-state index contributed by atoms with van der Waals surface area (Å²) in [5.74, 6) is 0.806. The van der Waals surface area contributed by atoms with E-state index in [-0.39, 0.29) is 0 Å². The van der Waals surface area contributed by atoms with Gasteiger partial charge in [0, 0.05) is 12.1 Å². The van der Waals surface area contributed by atoms with Gasteiger partial charge in [0.15, 0.2) is 0 Å². The van der Waals surface area contributed by atoms with Gasteiger partial charge >= 0.3 is 0 Å². The molecule has 0 saturated heterocycles. The van der Waals surface area contributed by atoms with E-state index in [1.807, 2.05) is 25.1 Å². The van der Waals surface area contributed by atoms with Crippen LogP contribution >= 0.6 is 0 Å². The SMILES string of the molecule is COc1ccc(C)cc1CNC=O. The quantitative estimate of drug-likeness (QED) is 0.706. The summed E-state index contributed by atoms with van der Waals surface area (Å²) in [6.45, 7) is 2.51. The van der Waals surface area contributed by atoms with Crippen molar-refractivity contribution in [3.05, 3.63) is 29.3 Å². The lowest BCUT2D eigenvalue weighted by atomic mass is 10.1. The van der Waals surface area contributed by atoms with Gasteiger partial charge in [-0.3, -0.25) is 4.79 Å². The fourth-order valence-electron chi connectivity index (χ4n) is 1.20. The van der Waals surface area contributed by atoms with Crippen LogP contribution in [0.1, 0.15) is 11.1 Å². The van der Waals surface area contributed by atoms with Crippen molar-refractivity contribution in [3.63, 3.8) is 0 Å². The van der Waals surface area contributed by atoms with Gasteiger partial charge in [-0.1, -0.05) is 17.7 Å². The normalized spacial score (nSPS) is 9.38. The summed E-state index contributed by atoms with van der Waals surface area (Å²) in [5, 5.41) is 2.61. The van der Waals surface area contributed by atoms with Gasteiger partial charge in [-0.2, -0.15) is 0 Å². The lowest BCUT2D eigenvalue weighted by Crippen LogP contribution is -2.10. The molecule has 0 aromatic heterocycles. The number of hydrogen-bond donors (Lipinski definition) is 1. The molecule has 0 atom stereocenters. The highest BCUT2D eigenvalue weighted by molar-refractivity contribution is 5.47. The van der Waals surface area contributed by atoms with Gasteiger partial charge < -0.3 is 10.1 Å². The molecule has 1 aromatic rings. The minimum Gasteiger partial charge on any atom is -0.496 e. The number of methoxy groups -OCH3 is 1. The second-order valence-electron chi connectivity index (χ2n) is 2.81. The molecule has 70 valence electrons. The monoisotopic (exact) mass is 179 g/mol. The molecule has 0 fully saturated rings. The number of benzene rings is 1. The highest BCUT2D eigenvalue weighted by atomic mass is 16.5. The Morgan fingerprint density at radius 1 is 1.54 bits per heavy atom. The third kappa shape index (κ3) is 2.47. The van der Waals surface area contributed by atoms with Crippen LogP contribution in [-0.2, 0) is 11.3 Å². The van der Waals surface area contributed by atoms with E-state index >= 15 is 0 Å². The van der Waals surface area contributed by atoms with Crippen molar-refractivity contribution < 1.29 is 9.53 Å². The molecule has 0 aliphatic rings. The van der Waals surface area contributed by atoms with Crippen LogP contribution in [0.4, 0.5) is 0 Å². The first-order valence-corrected chi connectivity index (χ1v) is 4.08. The second kappa shape index (κ2) is 4.50. The van der Waals surface area contributed by atoms with Crippen molar-refractivity contribution in [2.45, 2.75) is 13.5 Å². The van der Waals surface area contributed by atoms with E-state index in [4.69, 9.17) is 4.74 Å². The zero-order valence-electron chi connectivity index (χ0n) is 7.83. The third-order valence-corrected chi connectivity index (χ3v) is 1.81. The number of ether oxygens (including phenoxy) is 1. The number of aryl methyl sites for hydroxylation is 1. The average Bonchev–Trinajstić information content (AvgIpc) is 2.15. The van der Waals surface area contributed by atoms with Gasteiger partial charge in [0.1, 0.15) is 5.75 Å². The second-order valence-corrected chi connectivity index (χ2v) is 2.81. The Labute approximate surface area is 77.7 Å². The Morgan fingerprint density at radius 2 is 2.31 bits per heavy atom. The highest BCUT2D eigenvalue weighted by Gasteiger charge is 2.01. The van der Waals surface area contributed by atoms with Crippen molar-refractivity contribution >= 4 is 6.41 Å². The molecule has 13 heavy (non-hydrogen) atoms. The Hall–Kier alpha value is -1.51.